The van der Waals surface area contributed by atoms with E-state index in [-0.39, 0.29) is 12.1 Å². The Labute approximate surface area is 106 Å². The normalized spacial score (nSPS) is 10.6. The van der Waals surface area contributed by atoms with Crippen molar-refractivity contribution in [2.75, 3.05) is 0 Å². The monoisotopic (exact) mass is 244 g/mol. The van der Waals surface area contributed by atoms with Gasteiger partial charge >= 0.3 is 6.03 Å². The number of benzene rings is 1. The lowest BCUT2D eigenvalue weighted by atomic mass is 10.2. The lowest BCUT2D eigenvalue weighted by Crippen LogP contribution is -2.39. The molecule has 2 rings (SSSR count). The van der Waals surface area contributed by atoms with E-state index in [4.69, 9.17) is 0 Å². The van der Waals surface area contributed by atoms with E-state index in [1.807, 2.05) is 32.0 Å². The Bertz CT molecular complexity index is 553. The van der Waals surface area contributed by atoms with Crippen molar-refractivity contribution in [2.24, 2.45) is 0 Å². The zero-order valence-electron chi connectivity index (χ0n) is 10.5. The fourth-order valence-electron chi connectivity index (χ4n) is 1.61. The van der Waals surface area contributed by atoms with E-state index in [0.29, 0.717) is 6.54 Å². The summed E-state index contributed by atoms with van der Waals surface area (Å²) in [6, 6.07) is 5.74. The second kappa shape index (κ2) is 5.44. The minimum absolute atomic E-state index is 0.132. The number of carbonyl (C=O) groups is 1. The summed E-state index contributed by atoms with van der Waals surface area (Å²) >= 11 is 0. The SMILES string of the molecule is CC(C)NC(=O)NCc1ccc2nccnc2c1. The van der Waals surface area contributed by atoms with E-state index in [9.17, 15) is 4.79 Å². The van der Waals surface area contributed by atoms with Gasteiger partial charge in [0.05, 0.1) is 11.0 Å². The molecular weight excluding hydrogens is 228 g/mol. The Hall–Kier alpha value is -2.17. The third kappa shape index (κ3) is 3.16. The standard InChI is InChI=1S/C13H16N4O/c1-9(2)17-13(18)16-8-10-3-4-11-12(7-10)15-6-5-14-11/h3-7,9H,8H2,1-2H3,(H2,16,17,18). The molecule has 0 aliphatic heterocycles. The molecule has 1 aromatic heterocycles. The third-order valence-electron chi connectivity index (χ3n) is 2.41. The maximum absolute atomic E-state index is 11.4. The maximum atomic E-state index is 11.4. The van der Waals surface area contributed by atoms with Gasteiger partial charge in [-0.2, -0.15) is 0 Å². The number of nitrogens with one attached hydrogen (secondary N) is 2. The molecule has 0 saturated carbocycles. The van der Waals surface area contributed by atoms with Crippen LogP contribution in [-0.4, -0.2) is 22.0 Å². The molecule has 5 nitrogen and oxygen atoms in total. The first-order valence-corrected chi connectivity index (χ1v) is 5.89. The molecular formula is C13H16N4O. The van der Waals surface area contributed by atoms with E-state index >= 15 is 0 Å². The Morgan fingerprint density at radius 1 is 1.22 bits per heavy atom. The molecule has 0 bridgehead atoms. The summed E-state index contributed by atoms with van der Waals surface area (Å²) in [4.78, 5) is 19.9. The minimum Gasteiger partial charge on any atom is -0.336 e. The molecule has 0 aliphatic rings. The maximum Gasteiger partial charge on any atom is 0.315 e. The molecule has 1 heterocycles. The van der Waals surface area contributed by atoms with Crippen LogP contribution in [0.1, 0.15) is 19.4 Å². The third-order valence-corrected chi connectivity index (χ3v) is 2.41. The van der Waals surface area contributed by atoms with Gasteiger partial charge in [-0.15, -0.1) is 0 Å². The van der Waals surface area contributed by atoms with Crippen LogP contribution in [0.2, 0.25) is 0 Å². The zero-order valence-corrected chi connectivity index (χ0v) is 10.5. The van der Waals surface area contributed by atoms with Gasteiger partial charge in [-0.05, 0) is 31.5 Å². The fraction of sp³-hybridized carbons (Fsp3) is 0.308. The molecule has 0 atom stereocenters. The molecule has 0 unspecified atom stereocenters. The Balaban J connectivity index is 2.01. The lowest BCUT2D eigenvalue weighted by molar-refractivity contribution is 0.238. The second-order valence-corrected chi connectivity index (χ2v) is 4.36. The lowest BCUT2D eigenvalue weighted by Gasteiger charge is -2.10. The Morgan fingerprint density at radius 2 is 1.94 bits per heavy atom. The van der Waals surface area contributed by atoms with Gasteiger partial charge in [-0.3, -0.25) is 9.97 Å². The number of carbonyl (C=O) groups excluding carboxylic acids is 1. The smallest absolute Gasteiger partial charge is 0.315 e. The largest absolute Gasteiger partial charge is 0.336 e. The van der Waals surface area contributed by atoms with Gasteiger partial charge < -0.3 is 10.6 Å². The highest BCUT2D eigenvalue weighted by Gasteiger charge is 2.03. The van der Waals surface area contributed by atoms with E-state index in [1.54, 1.807) is 12.4 Å². The molecule has 5 heteroatoms. The number of hydrogen-bond acceptors (Lipinski definition) is 3. The van der Waals surface area contributed by atoms with Crippen molar-refractivity contribution in [2.45, 2.75) is 26.4 Å². The van der Waals surface area contributed by atoms with Crippen molar-refractivity contribution in [1.29, 1.82) is 0 Å². The van der Waals surface area contributed by atoms with Crippen LogP contribution < -0.4 is 10.6 Å². The van der Waals surface area contributed by atoms with Crippen molar-refractivity contribution in [3.63, 3.8) is 0 Å². The highest BCUT2D eigenvalue weighted by atomic mass is 16.2. The number of fused-ring (bicyclic) bond motifs is 1. The summed E-state index contributed by atoms with van der Waals surface area (Å²) in [7, 11) is 0. The number of rotatable bonds is 3. The highest BCUT2D eigenvalue weighted by Crippen LogP contribution is 2.10. The van der Waals surface area contributed by atoms with E-state index < -0.39 is 0 Å². The van der Waals surface area contributed by atoms with Crippen LogP contribution in [0.25, 0.3) is 11.0 Å². The summed E-state index contributed by atoms with van der Waals surface area (Å²) in [5.74, 6) is 0. The first-order chi connectivity index (χ1) is 8.65. The first kappa shape index (κ1) is 12.3. The topological polar surface area (TPSA) is 66.9 Å². The van der Waals surface area contributed by atoms with Crippen LogP contribution >= 0.6 is 0 Å². The number of aromatic nitrogens is 2. The van der Waals surface area contributed by atoms with Gasteiger partial charge in [0.1, 0.15) is 0 Å². The van der Waals surface area contributed by atoms with E-state index in [1.165, 1.54) is 0 Å². The average molecular weight is 244 g/mol. The number of hydrogen-bond donors (Lipinski definition) is 2. The molecule has 2 aromatic rings. The molecule has 0 radical (unpaired) electrons. The number of nitrogens with zero attached hydrogens (tertiary/aromatic N) is 2. The second-order valence-electron chi connectivity index (χ2n) is 4.36. The Morgan fingerprint density at radius 3 is 2.67 bits per heavy atom. The van der Waals surface area contributed by atoms with Crippen LogP contribution in [0.15, 0.2) is 30.6 Å². The molecule has 2 N–H and O–H groups in total. The van der Waals surface area contributed by atoms with Crippen molar-refractivity contribution in [3.05, 3.63) is 36.2 Å². The molecule has 0 fully saturated rings. The summed E-state index contributed by atoms with van der Waals surface area (Å²) in [5, 5.41) is 5.57. The van der Waals surface area contributed by atoms with Gasteiger partial charge in [-0.1, -0.05) is 6.07 Å². The van der Waals surface area contributed by atoms with Gasteiger partial charge in [0, 0.05) is 25.0 Å². The first-order valence-electron chi connectivity index (χ1n) is 5.89. The van der Waals surface area contributed by atoms with Crippen molar-refractivity contribution in [1.82, 2.24) is 20.6 Å². The molecule has 94 valence electrons. The van der Waals surface area contributed by atoms with Crippen molar-refractivity contribution >= 4 is 17.1 Å². The molecule has 2 amide bonds. The van der Waals surface area contributed by atoms with Gasteiger partial charge in [0.25, 0.3) is 0 Å². The zero-order chi connectivity index (χ0) is 13.0. The molecule has 0 saturated heterocycles. The van der Waals surface area contributed by atoms with Crippen molar-refractivity contribution < 1.29 is 4.79 Å². The number of amides is 2. The summed E-state index contributed by atoms with van der Waals surface area (Å²) in [6.07, 6.45) is 3.32. The van der Waals surface area contributed by atoms with E-state index in [0.717, 1.165) is 16.6 Å². The highest BCUT2D eigenvalue weighted by molar-refractivity contribution is 5.76. The van der Waals surface area contributed by atoms with Crippen LogP contribution in [0.5, 0.6) is 0 Å². The van der Waals surface area contributed by atoms with Gasteiger partial charge in [0.15, 0.2) is 0 Å². The summed E-state index contributed by atoms with van der Waals surface area (Å²) in [5.41, 5.74) is 2.69. The quantitative estimate of drug-likeness (QED) is 0.865. The fourth-order valence-corrected chi connectivity index (χ4v) is 1.61. The average Bonchev–Trinajstić information content (AvgIpc) is 2.35. The predicted molar refractivity (Wildman–Crippen MR) is 70.0 cm³/mol. The van der Waals surface area contributed by atoms with E-state index in [2.05, 4.69) is 20.6 Å². The minimum atomic E-state index is -0.163. The van der Waals surface area contributed by atoms with Crippen LogP contribution in [0.4, 0.5) is 4.79 Å². The number of urea groups is 1. The Kier molecular flexibility index (Phi) is 3.72. The summed E-state index contributed by atoms with van der Waals surface area (Å²) in [6.45, 7) is 4.32. The van der Waals surface area contributed by atoms with Crippen molar-refractivity contribution in [3.8, 4) is 0 Å². The van der Waals surface area contributed by atoms with Gasteiger partial charge in [-0.25, -0.2) is 4.79 Å². The molecule has 1 aromatic carbocycles. The molecule has 18 heavy (non-hydrogen) atoms. The predicted octanol–water partition coefficient (Wildman–Crippen LogP) is 1.84. The van der Waals surface area contributed by atoms with Crippen LogP contribution in [-0.2, 0) is 6.54 Å². The van der Waals surface area contributed by atoms with Crippen LogP contribution in [0, 0.1) is 0 Å². The molecule has 0 spiro atoms. The van der Waals surface area contributed by atoms with Gasteiger partial charge in [0.2, 0.25) is 0 Å². The summed E-state index contributed by atoms with van der Waals surface area (Å²) < 4.78 is 0. The molecule has 0 aliphatic carbocycles. The van der Waals surface area contributed by atoms with Crippen LogP contribution in [0.3, 0.4) is 0 Å².